The van der Waals surface area contributed by atoms with Crippen LogP contribution in [0.15, 0.2) is 10.7 Å². The van der Waals surface area contributed by atoms with Gasteiger partial charge in [0.2, 0.25) is 5.89 Å². The summed E-state index contributed by atoms with van der Waals surface area (Å²) in [6.45, 7) is 4.65. The van der Waals surface area contributed by atoms with E-state index in [4.69, 9.17) is 16.1 Å². The second-order valence-corrected chi connectivity index (χ2v) is 4.51. The number of aromatic nitrogens is 5. The van der Waals surface area contributed by atoms with E-state index in [1.807, 2.05) is 0 Å². The lowest BCUT2D eigenvalue weighted by Crippen LogP contribution is -2.01. The van der Waals surface area contributed by atoms with Crippen LogP contribution in [0.4, 0.5) is 0 Å². The second-order valence-electron chi connectivity index (χ2n) is 4.24. The van der Waals surface area contributed by atoms with Gasteiger partial charge in [-0.25, -0.2) is 4.68 Å². The van der Waals surface area contributed by atoms with E-state index in [0.717, 1.165) is 17.9 Å². The smallest absolute Gasteiger partial charge is 0.248 e. The zero-order valence-corrected chi connectivity index (χ0v) is 10.6. The molecule has 0 saturated carbocycles. The van der Waals surface area contributed by atoms with Gasteiger partial charge >= 0.3 is 0 Å². The first kappa shape index (κ1) is 12.0. The van der Waals surface area contributed by atoms with Crippen LogP contribution in [-0.4, -0.2) is 25.1 Å². The van der Waals surface area contributed by atoms with Gasteiger partial charge in [-0.1, -0.05) is 24.2 Å². The fraction of sp³-hybridized carbons (Fsp3) is 0.600. The van der Waals surface area contributed by atoms with Crippen molar-refractivity contribution in [2.75, 3.05) is 0 Å². The van der Waals surface area contributed by atoms with E-state index in [9.17, 15) is 0 Å². The number of alkyl halides is 1. The van der Waals surface area contributed by atoms with Gasteiger partial charge in [-0.3, -0.25) is 0 Å². The molecule has 0 unspecified atom stereocenters. The molecule has 0 saturated heterocycles. The van der Waals surface area contributed by atoms with E-state index in [0.29, 0.717) is 24.2 Å². The highest BCUT2D eigenvalue weighted by molar-refractivity contribution is 6.16. The van der Waals surface area contributed by atoms with E-state index in [1.54, 1.807) is 10.9 Å². The highest BCUT2D eigenvalue weighted by Gasteiger charge is 2.09. The highest BCUT2D eigenvalue weighted by Crippen LogP contribution is 2.06. The van der Waals surface area contributed by atoms with Gasteiger partial charge in [0.15, 0.2) is 5.82 Å². The lowest BCUT2D eigenvalue weighted by molar-refractivity contribution is 0.358. The summed E-state index contributed by atoms with van der Waals surface area (Å²) < 4.78 is 6.76. The van der Waals surface area contributed by atoms with Crippen LogP contribution in [-0.2, 0) is 18.8 Å². The second kappa shape index (κ2) is 5.27. The zero-order chi connectivity index (χ0) is 12.3. The Morgan fingerprint density at radius 2 is 2.29 bits per heavy atom. The van der Waals surface area contributed by atoms with E-state index >= 15 is 0 Å². The number of nitrogens with zero attached hydrogens (tertiary/aromatic N) is 5. The molecule has 0 spiro atoms. The molecule has 2 aromatic heterocycles. The first-order valence-electron chi connectivity index (χ1n) is 5.44. The number of rotatable bonds is 5. The summed E-state index contributed by atoms with van der Waals surface area (Å²) in [4.78, 5) is 4.28. The van der Waals surface area contributed by atoms with Gasteiger partial charge in [0, 0.05) is 6.42 Å². The summed E-state index contributed by atoms with van der Waals surface area (Å²) in [7, 11) is 0. The Morgan fingerprint density at radius 1 is 1.47 bits per heavy atom. The predicted octanol–water partition coefficient (Wildman–Crippen LogP) is 1.65. The van der Waals surface area contributed by atoms with Crippen molar-refractivity contribution in [3.63, 3.8) is 0 Å². The van der Waals surface area contributed by atoms with Crippen molar-refractivity contribution in [1.82, 2.24) is 25.1 Å². The topological polar surface area (TPSA) is 69.6 Å². The molecule has 92 valence electrons. The summed E-state index contributed by atoms with van der Waals surface area (Å²) >= 11 is 5.64. The number of hydrogen-bond donors (Lipinski definition) is 0. The van der Waals surface area contributed by atoms with Gasteiger partial charge < -0.3 is 4.52 Å². The lowest BCUT2D eigenvalue weighted by atomic mass is 10.1. The Bertz CT molecular complexity index is 479. The molecule has 6 nitrogen and oxygen atoms in total. The molecule has 17 heavy (non-hydrogen) atoms. The number of hydrogen-bond acceptors (Lipinski definition) is 5. The minimum atomic E-state index is 0.350. The van der Waals surface area contributed by atoms with Gasteiger partial charge in [-0.2, -0.15) is 4.98 Å². The van der Waals surface area contributed by atoms with E-state index in [1.165, 1.54) is 0 Å². The monoisotopic (exact) mass is 255 g/mol. The van der Waals surface area contributed by atoms with E-state index in [2.05, 4.69) is 34.3 Å². The maximum atomic E-state index is 5.64. The Morgan fingerprint density at radius 3 is 2.94 bits per heavy atom. The average Bonchev–Trinajstić information content (AvgIpc) is 2.88. The molecule has 2 aromatic rings. The third kappa shape index (κ3) is 3.26. The first-order valence-corrected chi connectivity index (χ1v) is 5.97. The quantitative estimate of drug-likeness (QED) is 0.760. The third-order valence-corrected chi connectivity index (χ3v) is 2.40. The molecule has 0 radical (unpaired) electrons. The van der Waals surface area contributed by atoms with Crippen LogP contribution in [0, 0.1) is 5.92 Å². The van der Waals surface area contributed by atoms with Gasteiger partial charge in [-0.05, 0) is 5.92 Å². The van der Waals surface area contributed by atoms with Crippen molar-refractivity contribution in [3.8, 4) is 0 Å². The van der Waals surface area contributed by atoms with Crippen LogP contribution in [0.5, 0.6) is 0 Å². The van der Waals surface area contributed by atoms with E-state index in [-0.39, 0.29) is 0 Å². The van der Waals surface area contributed by atoms with Gasteiger partial charge in [0.25, 0.3) is 0 Å². The number of halogens is 1. The van der Waals surface area contributed by atoms with Gasteiger partial charge in [-0.15, -0.1) is 16.7 Å². The molecule has 0 fully saturated rings. The third-order valence-electron chi connectivity index (χ3n) is 2.12. The lowest BCUT2D eigenvalue weighted by Gasteiger charge is -1.96. The van der Waals surface area contributed by atoms with Crippen LogP contribution in [0.2, 0.25) is 0 Å². The molecule has 0 aliphatic heterocycles. The Hall–Kier alpha value is -1.43. The van der Waals surface area contributed by atoms with Crippen molar-refractivity contribution in [2.45, 2.75) is 32.7 Å². The van der Waals surface area contributed by atoms with Crippen molar-refractivity contribution in [3.05, 3.63) is 23.6 Å². The molecule has 0 atom stereocenters. The molecule has 0 N–H and O–H groups in total. The van der Waals surface area contributed by atoms with Crippen LogP contribution in [0.3, 0.4) is 0 Å². The minimum absolute atomic E-state index is 0.350. The van der Waals surface area contributed by atoms with Gasteiger partial charge in [0.1, 0.15) is 6.54 Å². The minimum Gasteiger partial charge on any atom is -0.337 e. The summed E-state index contributed by atoms with van der Waals surface area (Å²) in [5.74, 6) is 2.12. The van der Waals surface area contributed by atoms with Crippen molar-refractivity contribution in [1.29, 1.82) is 0 Å². The molecule has 0 aliphatic rings. The molecule has 2 rings (SSSR count). The molecule has 2 heterocycles. The molecular weight excluding hydrogens is 242 g/mol. The van der Waals surface area contributed by atoms with Crippen LogP contribution < -0.4 is 0 Å². The fourth-order valence-electron chi connectivity index (χ4n) is 1.42. The van der Waals surface area contributed by atoms with Crippen molar-refractivity contribution < 1.29 is 4.52 Å². The summed E-state index contributed by atoms with van der Waals surface area (Å²) in [5, 5.41) is 11.7. The molecule has 0 amide bonds. The normalized spacial score (nSPS) is 11.3. The van der Waals surface area contributed by atoms with Gasteiger partial charge in [0.05, 0.1) is 17.8 Å². The molecular formula is C10H14ClN5O. The Kier molecular flexibility index (Phi) is 3.73. The molecule has 0 bridgehead atoms. The van der Waals surface area contributed by atoms with E-state index < -0.39 is 0 Å². The van der Waals surface area contributed by atoms with Crippen LogP contribution in [0.25, 0.3) is 0 Å². The molecule has 0 aliphatic carbocycles. The largest absolute Gasteiger partial charge is 0.337 e. The van der Waals surface area contributed by atoms with Crippen LogP contribution >= 0.6 is 11.6 Å². The predicted molar refractivity (Wildman–Crippen MR) is 61.5 cm³/mol. The Balaban J connectivity index is 2.01. The Labute approximate surface area is 104 Å². The first-order chi connectivity index (χ1) is 8.17. The standard InChI is InChI=1S/C10H14ClN5O/c1-7(2)3-9-12-10(17-14-9)6-16-5-8(4-11)13-15-16/h5,7H,3-4,6H2,1-2H3. The fourth-order valence-corrected chi connectivity index (χ4v) is 1.54. The average molecular weight is 256 g/mol. The maximum absolute atomic E-state index is 5.64. The summed E-state index contributed by atoms with van der Waals surface area (Å²) in [6.07, 6.45) is 2.58. The zero-order valence-electron chi connectivity index (χ0n) is 9.80. The molecule has 7 heteroatoms. The van der Waals surface area contributed by atoms with Crippen molar-refractivity contribution >= 4 is 11.6 Å². The summed E-state index contributed by atoms with van der Waals surface area (Å²) in [6, 6.07) is 0. The molecule has 0 aromatic carbocycles. The highest BCUT2D eigenvalue weighted by atomic mass is 35.5. The maximum Gasteiger partial charge on any atom is 0.248 e. The van der Waals surface area contributed by atoms with Crippen molar-refractivity contribution in [2.24, 2.45) is 5.92 Å². The van der Waals surface area contributed by atoms with Crippen LogP contribution in [0.1, 0.15) is 31.3 Å². The SMILES string of the molecule is CC(C)Cc1noc(Cn2cc(CCl)nn2)n1. The summed E-state index contributed by atoms with van der Waals surface area (Å²) in [5.41, 5.74) is 0.730.